The summed E-state index contributed by atoms with van der Waals surface area (Å²) in [5.74, 6) is -0.00300. The molecule has 8 nitrogen and oxygen atoms in total. The number of aliphatic imine (C=N–C) groups is 1. The van der Waals surface area contributed by atoms with Crippen LogP contribution < -0.4 is 30.5 Å². The van der Waals surface area contributed by atoms with E-state index in [1.807, 2.05) is 30.0 Å². The first-order valence-electron chi connectivity index (χ1n) is 8.99. The minimum atomic E-state index is -2.96. The van der Waals surface area contributed by atoms with Crippen LogP contribution in [0.15, 0.2) is 52.8 Å². The molecule has 2 bridgehead atoms. The number of ether oxygens (including phenoxy) is 2. The molecule has 0 aliphatic carbocycles. The Morgan fingerprint density at radius 1 is 1.30 bits per heavy atom. The van der Waals surface area contributed by atoms with E-state index >= 15 is 0 Å². The largest absolute Gasteiger partial charge is 0.471 e. The average molecular weight is 436 g/mol. The van der Waals surface area contributed by atoms with Gasteiger partial charge in [-0.25, -0.2) is 15.3 Å². The second-order valence-corrected chi connectivity index (χ2v) is 7.14. The maximum Gasteiger partial charge on any atom is 0.387 e. The normalized spacial score (nSPS) is 21.3. The molecule has 0 amide bonds. The summed E-state index contributed by atoms with van der Waals surface area (Å²) in [4.78, 5) is 12.2. The van der Waals surface area contributed by atoms with Crippen LogP contribution in [0.1, 0.15) is 6.92 Å². The van der Waals surface area contributed by atoms with E-state index < -0.39 is 12.6 Å². The summed E-state index contributed by atoms with van der Waals surface area (Å²) in [7, 11) is 0. The van der Waals surface area contributed by atoms with Crippen LogP contribution in [0.3, 0.4) is 0 Å². The lowest BCUT2D eigenvalue weighted by Gasteiger charge is -2.36. The Morgan fingerprint density at radius 2 is 2.17 bits per heavy atom. The number of hydroxylamine groups is 1. The lowest BCUT2D eigenvalue weighted by Crippen LogP contribution is -2.51. The lowest BCUT2D eigenvalue weighted by molar-refractivity contribution is -0.0498. The number of rotatable bonds is 5. The van der Waals surface area contributed by atoms with E-state index in [-0.39, 0.29) is 10.8 Å². The molecule has 1 fully saturated rings. The van der Waals surface area contributed by atoms with Gasteiger partial charge in [-0.3, -0.25) is 4.90 Å². The summed E-state index contributed by atoms with van der Waals surface area (Å²) >= 11 is 6.09. The minimum Gasteiger partial charge on any atom is -0.471 e. The van der Waals surface area contributed by atoms with E-state index in [1.54, 1.807) is 12.3 Å². The van der Waals surface area contributed by atoms with Crippen LogP contribution in [-0.2, 0) is 4.84 Å². The molecule has 2 aromatic carbocycles. The van der Waals surface area contributed by atoms with Crippen LogP contribution in [-0.4, -0.2) is 25.5 Å². The molecule has 3 aliphatic rings. The van der Waals surface area contributed by atoms with E-state index in [9.17, 15) is 8.78 Å². The van der Waals surface area contributed by atoms with Crippen LogP contribution in [0.25, 0.3) is 0 Å². The summed E-state index contributed by atoms with van der Waals surface area (Å²) in [6.45, 7) is -0.657. The number of hydrogen-bond acceptors (Lipinski definition) is 8. The number of anilines is 3. The zero-order valence-electron chi connectivity index (χ0n) is 15.6. The van der Waals surface area contributed by atoms with Crippen LogP contribution in [0.5, 0.6) is 11.5 Å². The molecule has 5 rings (SSSR count). The maximum atomic E-state index is 12.5. The van der Waals surface area contributed by atoms with Gasteiger partial charge in [0.25, 0.3) is 0 Å². The standard InChI is InChI=1S/C19H16ClF2N5O3/c1-10-8-24-19(25-11-2-4-15(13(20)6-11)29-18(21)22)27(17(10)26-30-19)12-3-5-16-14(7-12)23-9-28-16/h2-8,18,23,25-26H,9H2,1H3. The summed E-state index contributed by atoms with van der Waals surface area (Å²) in [5.41, 5.74) is 5.91. The van der Waals surface area contributed by atoms with Gasteiger partial charge in [0.05, 0.1) is 16.4 Å². The van der Waals surface area contributed by atoms with Crippen molar-refractivity contribution in [3.05, 3.63) is 52.8 Å². The van der Waals surface area contributed by atoms with Gasteiger partial charge >= 0.3 is 12.6 Å². The van der Waals surface area contributed by atoms with E-state index in [1.165, 1.54) is 12.1 Å². The number of alkyl halides is 2. The molecule has 0 saturated carbocycles. The molecule has 30 heavy (non-hydrogen) atoms. The Labute approximate surface area is 175 Å². The minimum absolute atomic E-state index is 0.0276. The van der Waals surface area contributed by atoms with Crippen LogP contribution in [0, 0.1) is 0 Å². The Morgan fingerprint density at radius 3 is 2.97 bits per heavy atom. The third-order valence-corrected chi connectivity index (χ3v) is 5.09. The number of benzene rings is 2. The topological polar surface area (TPSA) is 79.4 Å². The van der Waals surface area contributed by atoms with Gasteiger partial charge in [0.2, 0.25) is 0 Å². The molecule has 3 N–H and O–H groups in total. The number of nitrogens with zero attached hydrogens (tertiary/aromatic N) is 2. The van der Waals surface area contributed by atoms with Gasteiger partial charge in [-0.05, 0) is 43.3 Å². The van der Waals surface area contributed by atoms with E-state index in [0.717, 1.165) is 22.7 Å². The van der Waals surface area contributed by atoms with Crippen molar-refractivity contribution < 1.29 is 23.1 Å². The SMILES string of the molecule is CC1=C2NOC(Nc3ccc(OC(F)F)c(Cl)c3)(N=C1)N2c1ccc2c(c1)NCO2. The summed E-state index contributed by atoms with van der Waals surface area (Å²) in [6, 6.07) is 10.0. The van der Waals surface area contributed by atoms with Crippen molar-refractivity contribution in [1.29, 1.82) is 0 Å². The Kier molecular flexibility index (Phi) is 4.33. The molecule has 0 aromatic heterocycles. The molecule has 2 aromatic rings. The Hall–Kier alpha value is -3.24. The number of nitrogens with one attached hydrogen (secondary N) is 3. The molecule has 1 saturated heterocycles. The van der Waals surface area contributed by atoms with Crippen molar-refractivity contribution in [1.82, 2.24) is 5.48 Å². The second-order valence-electron chi connectivity index (χ2n) is 6.73. The highest BCUT2D eigenvalue weighted by atomic mass is 35.5. The molecular weight excluding hydrogens is 420 g/mol. The molecule has 3 aliphatic heterocycles. The number of fused-ring (bicyclic) bond motifs is 3. The van der Waals surface area contributed by atoms with Crippen molar-refractivity contribution in [3.63, 3.8) is 0 Å². The first kappa shape index (κ1) is 18.8. The van der Waals surface area contributed by atoms with Crippen molar-refractivity contribution >= 4 is 34.9 Å². The summed E-state index contributed by atoms with van der Waals surface area (Å²) < 4.78 is 34.9. The molecule has 1 unspecified atom stereocenters. The molecule has 3 heterocycles. The van der Waals surface area contributed by atoms with Gasteiger partial charge in [-0.2, -0.15) is 8.78 Å². The van der Waals surface area contributed by atoms with Crippen molar-refractivity contribution in [3.8, 4) is 11.5 Å². The number of allylic oxidation sites excluding steroid dienone is 1. The fraction of sp³-hybridized carbons (Fsp3) is 0.211. The molecule has 1 atom stereocenters. The van der Waals surface area contributed by atoms with Crippen molar-refractivity contribution in [2.45, 2.75) is 19.5 Å². The van der Waals surface area contributed by atoms with Gasteiger partial charge in [0, 0.05) is 17.5 Å². The smallest absolute Gasteiger partial charge is 0.387 e. The van der Waals surface area contributed by atoms with Crippen molar-refractivity contribution in [2.75, 3.05) is 22.3 Å². The van der Waals surface area contributed by atoms with Gasteiger partial charge in [0.1, 0.15) is 17.3 Å². The fourth-order valence-corrected chi connectivity index (χ4v) is 3.66. The highest BCUT2D eigenvalue weighted by Crippen LogP contribution is 2.42. The molecular formula is C19H16ClF2N5O3. The third kappa shape index (κ3) is 3.04. The monoisotopic (exact) mass is 435 g/mol. The van der Waals surface area contributed by atoms with Crippen LogP contribution in [0.4, 0.5) is 25.8 Å². The summed E-state index contributed by atoms with van der Waals surface area (Å²) in [5, 5.41) is 6.36. The quantitative estimate of drug-likeness (QED) is 0.653. The Balaban J connectivity index is 1.50. The van der Waals surface area contributed by atoms with Gasteiger partial charge in [-0.15, -0.1) is 0 Å². The van der Waals surface area contributed by atoms with E-state index in [2.05, 4.69) is 25.8 Å². The second kappa shape index (κ2) is 6.92. The molecule has 156 valence electrons. The van der Waals surface area contributed by atoms with E-state index in [0.29, 0.717) is 18.2 Å². The zero-order valence-corrected chi connectivity index (χ0v) is 16.3. The highest BCUT2D eigenvalue weighted by Gasteiger charge is 2.49. The van der Waals surface area contributed by atoms with Gasteiger partial charge in [-0.1, -0.05) is 11.6 Å². The first-order valence-corrected chi connectivity index (χ1v) is 9.37. The van der Waals surface area contributed by atoms with E-state index in [4.69, 9.17) is 21.2 Å². The lowest BCUT2D eigenvalue weighted by atomic mass is 10.2. The summed E-state index contributed by atoms with van der Waals surface area (Å²) in [6.07, 6.45) is 1.68. The van der Waals surface area contributed by atoms with Crippen molar-refractivity contribution in [2.24, 2.45) is 4.99 Å². The zero-order chi connectivity index (χ0) is 20.9. The van der Waals surface area contributed by atoms with Gasteiger partial charge in [0.15, 0.2) is 6.73 Å². The Bertz CT molecular complexity index is 1080. The molecule has 0 radical (unpaired) electrons. The predicted molar refractivity (Wildman–Crippen MR) is 108 cm³/mol. The highest BCUT2D eigenvalue weighted by molar-refractivity contribution is 6.32. The number of hydrogen-bond donors (Lipinski definition) is 3. The maximum absolute atomic E-state index is 12.5. The molecule has 0 spiro atoms. The molecule has 11 heteroatoms. The fourth-order valence-electron chi connectivity index (χ4n) is 3.44. The average Bonchev–Trinajstić information content (AvgIpc) is 3.28. The third-order valence-electron chi connectivity index (χ3n) is 4.79. The van der Waals surface area contributed by atoms with Crippen LogP contribution in [0.2, 0.25) is 5.02 Å². The number of halogens is 3. The van der Waals surface area contributed by atoms with Gasteiger partial charge < -0.3 is 20.1 Å². The van der Waals surface area contributed by atoms with Crippen LogP contribution >= 0.6 is 11.6 Å². The predicted octanol–water partition coefficient (Wildman–Crippen LogP) is 4.08. The first-order chi connectivity index (χ1) is 14.4.